The Kier molecular flexibility index (Phi) is 7.36. The monoisotopic (exact) mass is 418 g/mol. The molecule has 22 heavy (non-hydrogen) atoms. The van der Waals surface area contributed by atoms with E-state index in [0.717, 1.165) is 29.8 Å². The lowest BCUT2D eigenvalue weighted by Gasteiger charge is -2.16. The molecule has 0 aliphatic rings. The average Bonchev–Trinajstić information content (AvgIpc) is 3.05. The van der Waals surface area contributed by atoms with Crippen LogP contribution in [0.4, 0.5) is 0 Å². The fraction of sp³-hybridized carbons (Fsp3) is 0.500. The second-order valence-corrected chi connectivity index (χ2v) is 4.81. The number of aryl methyl sites for hydroxylation is 2. The molecule has 8 heteroatoms. The zero-order valence-corrected chi connectivity index (χ0v) is 15.7. The molecule has 0 radical (unpaired) electrons. The zero-order chi connectivity index (χ0) is 15.2. The second kappa shape index (κ2) is 8.76. The molecule has 0 saturated carbocycles. The molecule has 2 aromatic rings. The lowest BCUT2D eigenvalue weighted by atomic mass is 10.2. The third kappa shape index (κ3) is 5.00. The van der Waals surface area contributed by atoms with Gasteiger partial charge in [0.05, 0.1) is 6.04 Å². The van der Waals surface area contributed by atoms with Gasteiger partial charge < -0.3 is 15.1 Å². The summed E-state index contributed by atoms with van der Waals surface area (Å²) in [7, 11) is 1.85. The molecule has 122 valence electrons. The Bertz CT molecular complexity index is 606. The van der Waals surface area contributed by atoms with E-state index in [-0.39, 0.29) is 30.0 Å². The molecule has 2 heterocycles. The van der Waals surface area contributed by atoms with Crippen molar-refractivity contribution in [1.82, 2.24) is 25.4 Å². The summed E-state index contributed by atoms with van der Waals surface area (Å²) in [5, 5.41) is 10.6. The van der Waals surface area contributed by atoms with Gasteiger partial charge in [-0.1, -0.05) is 0 Å². The molecule has 0 spiro atoms. The molecule has 0 saturated heterocycles. The fourth-order valence-electron chi connectivity index (χ4n) is 1.90. The highest BCUT2D eigenvalue weighted by atomic mass is 127. The molecule has 1 unspecified atom stereocenters. The number of nitrogens with one attached hydrogen (secondary N) is 2. The Morgan fingerprint density at radius 3 is 2.77 bits per heavy atom. The van der Waals surface area contributed by atoms with E-state index in [9.17, 15) is 0 Å². The van der Waals surface area contributed by atoms with Crippen molar-refractivity contribution in [3.05, 3.63) is 35.8 Å². The van der Waals surface area contributed by atoms with Crippen LogP contribution in [0.1, 0.15) is 37.2 Å². The Labute approximate surface area is 147 Å². The van der Waals surface area contributed by atoms with E-state index >= 15 is 0 Å². The molecule has 1 atom stereocenters. The van der Waals surface area contributed by atoms with E-state index in [2.05, 4.69) is 25.7 Å². The summed E-state index contributed by atoms with van der Waals surface area (Å²) in [4.78, 5) is 8.68. The lowest BCUT2D eigenvalue weighted by molar-refractivity contribution is 0.441. The number of aromatic nitrogens is 3. The van der Waals surface area contributed by atoms with E-state index in [1.807, 2.05) is 40.0 Å². The van der Waals surface area contributed by atoms with Gasteiger partial charge in [0.1, 0.15) is 30.2 Å². The minimum atomic E-state index is 0. The molecule has 0 aliphatic heterocycles. The molecule has 2 N–H and O–H groups in total. The predicted octanol–water partition coefficient (Wildman–Crippen LogP) is 2.15. The molecular weight excluding hydrogens is 395 g/mol. The van der Waals surface area contributed by atoms with Crippen LogP contribution >= 0.6 is 24.0 Å². The summed E-state index contributed by atoms with van der Waals surface area (Å²) in [6.45, 7) is 7.25. The fourth-order valence-corrected chi connectivity index (χ4v) is 1.90. The van der Waals surface area contributed by atoms with Crippen LogP contribution in [0.2, 0.25) is 0 Å². The van der Waals surface area contributed by atoms with Gasteiger partial charge in [0.15, 0.2) is 5.96 Å². The first-order valence-electron chi connectivity index (χ1n) is 7.04. The van der Waals surface area contributed by atoms with Crippen LogP contribution in [0.5, 0.6) is 0 Å². The molecule has 7 nitrogen and oxygen atoms in total. The smallest absolute Gasteiger partial charge is 0.192 e. The number of halogens is 1. The molecule has 0 aromatic carbocycles. The lowest BCUT2D eigenvalue weighted by Crippen LogP contribution is -2.38. The SMILES string of the molecule is CCNC(=NCc1ncnn1C)NC(C)c1ccc(C)o1.I. The number of aliphatic imine (C=N–C) groups is 1. The van der Waals surface area contributed by atoms with Crippen molar-refractivity contribution in [3.63, 3.8) is 0 Å². The Balaban J connectivity index is 0.00000242. The molecule has 0 amide bonds. The van der Waals surface area contributed by atoms with Gasteiger partial charge in [-0.25, -0.2) is 9.98 Å². The molecule has 0 aliphatic carbocycles. The van der Waals surface area contributed by atoms with Crippen LogP contribution in [-0.4, -0.2) is 27.3 Å². The number of hydrogen-bond donors (Lipinski definition) is 2. The van der Waals surface area contributed by atoms with Gasteiger partial charge in [-0.2, -0.15) is 5.10 Å². The van der Waals surface area contributed by atoms with Crippen molar-refractivity contribution in [2.24, 2.45) is 12.0 Å². The van der Waals surface area contributed by atoms with E-state index < -0.39 is 0 Å². The topological polar surface area (TPSA) is 80.3 Å². The first-order chi connectivity index (χ1) is 10.1. The van der Waals surface area contributed by atoms with Crippen LogP contribution in [0, 0.1) is 6.92 Å². The number of hydrogen-bond acceptors (Lipinski definition) is 4. The van der Waals surface area contributed by atoms with Crippen LogP contribution in [0.15, 0.2) is 27.9 Å². The average molecular weight is 418 g/mol. The quantitative estimate of drug-likeness (QED) is 0.442. The Hall–Kier alpha value is -1.58. The van der Waals surface area contributed by atoms with E-state index in [1.54, 1.807) is 4.68 Å². The van der Waals surface area contributed by atoms with Crippen LogP contribution in [0.3, 0.4) is 0 Å². The number of guanidine groups is 1. The van der Waals surface area contributed by atoms with Crippen molar-refractivity contribution >= 4 is 29.9 Å². The predicted molar refractivity (Wildman–Crippen MR) is 96.2 cm³/mol. The third-order valence-electron chi connectivity index (χ3n) is 3.07. The summed E-state index contributed by atoms with van der Waals surface area (Å²) in [5.41, 5.74) is 0. The van der Waals surface area contributed by atoms with E-state index in [1.165, 1.54) is 6.33 Å². The van der Waals surface area contributed by atoms with Crippen LogP contribution in [0.25, 0.3) is 0 Å². The largest absolute Gasteiger partial charge is 0.464 e. The molecular formula is C14H23IN6O. The maximum atomic E-state index is 5.62. The number of nitrogens with zero attached hydrogens (tertiary/aromatic N) is 4. The van der Waals surface area contributed by atoms with Crippen molar-refractivity contribution in [2.45, 2.75) is 33.4 Å². The van der Waals surface area contributed by atoms with E-state index in [4.69, 9.17) is 4.42 Å². The summed E-state index contributed by atoms with van der Waals surface area (Å²) in [6.07, 6.45) is 1.53. The maximum absolute atomic E-state index is 5.62. The van der Waals surface area contributed by atoms with Crippen LogP contribution in [-0.2, 0) is 13.6 Å². The van der Waals surface area contributed by atoms with Gasteiger partial charge in [0.25, 0.3) is 0 Å². The van der Waals surface area contributed by atoms with Crippen molar-refractivity contribution in [3.8, 4) is 0 Å². The van der Waals surface area contributed by atoms with Crippen molar-refractivity contribution in [2.75, 3.05) is 6.54 Å². The first kappa shape index (κ1) is 18.5. The van der Waals surface area contributed by atoms with E-state index in [0.29, 0.717) is 6.54 Å². The standard InChI is InChI=1S/C14H22N6O.HI/c1-5-15-14(16-8-13-17-9-18-20(13)4)19-11(3)12-7-6-10(2)21-12;/h6-7,9,11H,5,8H2,1-4H3,(H2,15,16,19);1H. The summed E-state index contributed by atoms with van der Waals surface area (Å²) in [6, 6.07) is 3.96. The normalized spacial score (nSPS) is 12.6. The van der Waals surface area contributed by atoms with Gasteiger partial charge in [0.2, 0.25) is 0 Å². The Morgan fingerprint density at radius 2 is 2.23 bits per heavy atom. The van der Waals surface area contributed by atoms with Gasteiger partial charge in [-0.05, 0) is 32.9 Å². The summed E-state index contributed by atoms with van der Waals surface area (Å²) >= 11 is 0. The summed E-state index contributed by atoms with van der Waals surface area (Å²) in [5.74, 6) is 3.33. The van der Waals surface area contributed by atoms with Crippen LogP contribution < -0.4 is 10.6 Å². The number of furan rings is 1. The molecule has 2 rings (SSSR count). The maximum Gasteiger partial charge on any atom is 0.192 e. The van der Waals surface area contributed by atoms with Gasteiger partial charge in [-0.15, -0.1) is 24.0 Å². The van der Waals surface area contributed by atoms with Crippen molar-refractivity contribution in [1.29, 1.82) is 0 Å². The van der Waals surface area contributed by atoms with Gasteiger partial charge in [-0.3, -0.25) is 4.68 Å². The van der Waals surface area contributed by atoms with Gasteiger partial charge in [0, 0.05) is 13.6 Å². The highest BCUT2D eigenvalue weighted by Gasteiger charge is 2.11. The summed E-state index contributed by atoms with van der Waals surface area (Å²) < 4.78 is 7.34. The molecule has 2 aromatic heterocycles. The molecule has 0 bridgehead atoms. The molecule has 0 fully saturated rings. The van der Waals surface area contributed by atoms with Crippen molar-refractivity contribution < 1.29 is 4.42 Å². The van der Waals surface area contributed by atoms with Gasteiger partial charge >= 0.3 is 0 Å². The second-order valence-electron chi connectivity index (χ2n) is 4.81. The third-order valence-corrected chi connectivity index (χ3v) is 3.07. The highest BCUT2D eigenvalue weighted by Crippen LogP contribution is 2.15. The number of rotatable bonds is 5. The zero-order valence-electron chi connectivity index (χ0n) is 13.3. The minimum absolute atomic E-state index is 0. The minimum Gasteiger partial charge on any atom is -0.464 e. The first-order valence-corrected chi connectivity index (χ1v) is 7.04. The Morgan fingerprint density at radius 1 is 1.45 bits per heavy atom. The highest BCUT2D eigenvalue weighted by molar-refractivity contribution is 14.0.